The fourth-order valence-electron chi connectivity index (χ4n) is 1.44. The minimum atomic E-state index is -0.218. The second kappa shape index (κ2) is 4.07. The number of rotatable bonds is 4. The maximum absolute atomic E-state index is 10.4. The van der Waals surface area contributed by atoms with E-state index < -0.39 is 0 Å². The van der Waals surface area contributed by atoms with E-state index in [4.69, 9.17) is 16.3 Å². The van der Waals surface area contributed by atoms with Gasteiger partial charge < -0.3 is 4.74 Å². The molecule has 0 amide bonds. The number of carbonyl (C=O) groups excluding carboxylic acids is 1. The third-order valence-corrected chi connectivity index (χ3v) is 2.20. The number of hydrogen-bond donors (Lipinski definition) is 0. The SMILES string of the molecule is CCOC1CC(CC(=O)Cl)C1. The molecule has 1 aliphatic carbocycles. The maximum Gasteiger partial charge on any atom is 0.221 e. The monoisotopic (exact) mass is 176 g/mol. The molecule has 0 atom stereocenters. The first-order valence-corrected chi connectivity index (χ1v) is 4.40. The van der Waals surface area contributed by atoms with Crippen LogP contribution in [0.2, 0.25) is 0 Å². The molecule has 3 heteroatoms. The van der Waals surface area contributed by atoms with Crippen LogP contribution in [-0.4, -0.2) is 18.0 Å². The second-order valence-corrected chi connectivity index (χ2v) is 3.40. The highest BCUT2D eigenvalue weighted by Gasteiger charge is 2.30. The standard InChI is InChI=1S/C8H13ClO2/c1-2-11-7-3-6(4-7)5-8(9)10/h6-7H,2-5H2,1H3. The van der Waals surface area contributed by atoms with Crippen molar-refractivity contribution in [2.45, 2.75) is 32.3 Å². The van der Waals surface area contributed by atoms with Crippen molar-refractivity contribution in [3.05, 3.63) is 0 Å². The Morgan fingerprint density at radius 2 is 2.27 bits per heavy atom. The maximum atomic E-state index is 10.4. The fourth-order valence-corrected chi connectivity index (χ4v) is 1.66. The van der Waals surface area contributed by atoms with E-state index in [-0.39, 0.29) is 5.24 Å². The molecule has 0 unspecified atom stereocenters. The molecule has 0 aromatic heterocycles. The van der Waals surface area contributed by atoms with Crippen molar-refractivity contribution in [2.24, 2.45) is 5.92 Å². The van der Waals surface area contributed by atoms with Gasteiger partial charge in [0.05, 0.1) is 6.10 Å². The lowest BCUT2D eigenvalue weighted by molar-refractivity contribution is -0.114. The van der Waals surface area contributed by atoms with Crippen molar-refractivity contribution in [3.8, 4) is 0 Å². The van der Waals surface area contributed by atoms with Gasteiger partial charge in [-0.1, -0.05) is 0 Å². The first-order chi connectivity index (χ1) is 5.22. The van der Waals surface area contributed by atoms with Gasteiger partial charge in [0.15, 0.2) is 0 Å². The highest BCUT2D eigenvalue weighted by Crippen LogP contribution is 2.32. The topological polar surface area (TPSA) is 26.3 Å². The Kier molecular flexibility index (Phi) is 3.34. The Morgan fingerprint density at radius 3 is 2.73 bits per heavy atom. The molecule has 1 saturated carbocycles. The third-order valence-electron chi connectivity index (χ3n) is 2.04. The molecule has 0 aromatic carbocycles. The highest BCUT2D eigenvalue weighted by atomic mass is 35.5. The van der Waals surface area contributed by atoms with Gasteiger partial charge in [-0.05, 0) is 37.3 Å². The number of halogens is 1. The minimum absolute atomic E-state index is 0.218. The van der Waals surface area contributed by atoms with E-state index in [0.29, 0.717) is 18.4 Å². The quantitative estimate of drug-likeness (QED) is 0.613. The summed E-state index contributed by atoms with van der Waals surface area (Å²) in [7, 11) is 0. The van der Waals surface area contributed by atoms with Crippen LogP contribution in [0.4, 0.5) is 0 Å². The zero-order chi connectivity index (χ0) is 8.27. The summed E-state index contributed by atoms with van der Waals surface area (Å²) in [5, 5.41) is -0.218. The van der Waals surface area contributed by atoms with Gasteiger partial charge in [-0.15, -0.1) is 0 Å². The summed E-state index contributed by atoms with van der Waals surface area (Å²) in [4.78, 5) is 10.4. The first kappa shape index (κ1) is 9.01. The van der Waals surface area contributed by atoms with Crippen LogP contribution >= 0.6 is 11.6 Å². The Bertz CT molecular complexity index is 141. The van der Waals surface area contributed by atoms with E-state index in [0.717, 1.165) is 19.4 Å². The molecule has 11 heavy (non-hydrogen) atoms. The molecule has 1 rings (SSSR count). The Labute approximate surface area is 71.9 Å². The van der Waals surface area contributed by atoms with Crippen molar-refractivity contribution in [1.82, 2.24) is 0 Å². The Hall–Kier alpha value is -0.0800. The van der Waals surface area contributed by atoms with Crippen molar-refractivity contribution < 1.29 is 9.53 Å². The lowest BCUT2D eigenvalue weighted by atomic mass is 9.80. The molecule has 0 aromatic rings. The summed E-state index contributed by atoms with van der Waals surface area (Å²) in [5.74, 6) is 0.483. The first-order valence-electron chi connectivity index (χ1n) is 4.02. The minimum Gasteiger partial charge on any atom is -0.378 e. The van der Waals surface area contributed by atoms with E-state index >= 15 is 0 Å². The average molecular weight is 177 g/mol. The molecule has 0 aliphatic heterocycles. The molecule has 0 bridgehead atoms. The molecular weight excluding hydrogens is 164 g/mol. The average Bonchev–Trinajstić information content (AvgIpc) is 1.82. The smallest absolute Gasteiger partial charge is 0.221 e. The Balaban J connectivity index is 2.04. The van der Waals surface area contributed by atoms with Crippen LogP contribution in [0, 0.1) is 5.92 Å². The van der Waals surface area contributed by atoms with Crippen molar-refractivity contribution in [2.75, 3.05) is 6.61 Å². The summed E-state index contributed by atoms with van der Waals surface area (Å²) in [5.41, 5.74) is 0. The van der Waals surface area contributed by atoms with Gasteiger partial charge in [-0.3, -0.25) is 4.79 Å². The summed E-state index contributed by atoms with van der Waals surface area (Å²) >= 11 is 5.23. The number of carbonyl (C=O) groups is 1. The molecule has 0 saturated heterocycles. The van der Waals surface area contributed by atoms with Crippen LogP contribution < -0.4 is 0 Å². The van der Waals surface area contributed by atoms with Gasteiger partial charge in [-0.25, -0.2) is 0 Å². The predicted octanol–water partition coefficient (Wildman–Crippen LogP) is 1.96. The van der Waals surface area contributed by atoms with E-state index in [1.165, 1.54) is 0 Å². The molecule has 0 heterocycles. The molecule has 64 valence electrons. The van der Waals surface area contributed by atoms with E-state index in [1.54, 1.807) is 0 Å². The second-order valence-electron chi connectivity index (χ2n) is 2.97. The predicted molar refractivity (Wildman–Crippen MR) is 43.6 cm³/mol. The third kappa shape index (κ3) is 2.80. The molecule has 0 N–H and O–H groups in total. The zero-order valence-corrected chi connectivity index (χ0v) is 7.43. The van der Waals surface area contributed by atoms with Crippen LogP contribution in [0.15, 0.2) is 0 Å². The lowest BCUT2D eigenvalue weighted by Gasteiger charge is -2.33. The van der Waals surface area contributed by atoms with Crippen LogP contribution in [0.3, 0.4) is 0 Å². The van der Waals surface area contributed by atoms with E-state index in [1.807, 2.05) is 6.92 Å². The lowest BCUT2D eigenvalue weighted by Crippen LogP contribution is -2.32. The Morgan fingerprint density at radius 1 is 1.64 bits per heavy atom. The van der Waals surface area contributed by atoms with Crippen LogP contribution in [-0.2, 0) is 9.53 Å². The van der Waals surface area contributed by atoms with Crippen LogP contribution in [0.5, 0.6) is 0 Å². The van der Waals surface area contributed by atoms with E-state index in [2.05, 4.69) is 0 Å². The van der Waals surface area contributed by atoms with Crippen molar-refractivity contribution >= 4 is 16.8 Å². The molecule has 0 radical (unpaired) electrons. The van der Waals surface area contributed by atoms with Gasteiger partial charge in [0.25, 0.3) is 0 Å². The molecule has 1 fully saturated rings. The molecule has 0 spiro atoms. The largest absolute Gasteiger partial charge is 0.378 e. The van der Waals surface area contributed by atoms with E-state index in [9.17, 15) is 4.79 Å². The van der Waals surface area contributed by atoms with Gasteiger partial charge >= 0.3 is 0 Å². The van der Waals surface area contributed by atoms with Crippen molar-refractivity contribution in [1.29, 1.82) is 0 Å². The normalized spacial score (nSPS) is 29.6. The summed E-state index contributed by atoms with van der Waals surface area (Å²) in [6, 6.07) is 0. The summed E-state index contributed by atoms with van der Waals surface area (Å²) < 4.78 is 5.34. The summed E-state index contributed by atoms with van der Waals surface area (Å²) in [6.45, 7) is 2.76. The highest BCUT2D eigenvalue weighted by molar-refractivity contribution is 6.63. The molecule has 1 aliphatic rings. The molecule has 2 nitrogen and oxygen atoms in total. The van der Waals surface area contributed by atoms with Gasteiger partial charge in [0, 0.05) is 13.0 Å². The molecular formula is C8H13ClO2. The fraction of sp³-hybridized carbons (Fsp3) is 0.875. The van der Waals surface area contributed by atoms with Crippen LogP contribution in [0.1, 0.15) is 26.2 Å². The van der Waals surface area contributed by atoms with Crippen molar-refractivity contribution in [3.63, 3.8) is 0 Å². The van der Waals surface area contributed by atoms with Gasteiger partial charge in [-0.2, -0.15) is 0 Å². The number of ether oxygens (including phenoxy) is 1. The van der Waals surface area contributed by atoms with Gasteiger partial charge in [0.1, 0.15) is 0 Å². The van der Waals surface area contributed by atoms with Gasteiger partial charge in [0.2, 0.25) is 5.24 Å². The summed E-state index contributed by atoms with van der Waals surface area (Å²) in [6.07, 6.45) is 2.92. The van der Waals surface area contributed by atoms with Crippen LogP contribution in [0.25, 0.3) is 0 Å². The zero-order valence-electron chi connectivity index (χ0n) is 6.68. The number of hydrogen-bond acceptors (Lipinski definition) is 2.